The smallest absolute Gasteiger partial charge is 0.0828 e. The van der Waals surface area contributed by atoms with Gasteiger partial charge in [0.2, 0.25) is 0 Å². The van der Waals surface area contributed by atoms with Gasteiger partial charge in [-0.15, -0.1) is 0 Å². The summed E-state index contributed by atoms with van der Waals surface area (Å²) >= 11 is 0. The molecule has 0 aliphatic heterocycles. The van der Waals surface area contributed by atoms with E-state index in [1.165, 1.54) is 16.8 Å². The van der Waals surface area contributed by atoms with Crippen LogP contribution in [0.2, 0.25) is 0 Å². The number of rotatable bonds is 4. The van der Waals surface area contributed by atoms with Crippen LogP contribution < -0.4 is 5.32 Å². The molecule has 2 rings (SSSR count). The molecule has 0 radical (unpaired) electrons. The summed E-state index contributed by atoms with van der Waals surface area (Å²) in [6.45, 7) is 12.9. The summed E-state index contributed by atoms with van der Waals surface area (Å²) in [5.74, 6) is 0. The van der Waals surface area contributed by atoms with Crippen LogP contribution in [-0.2, 0) is 0 Å². The lowest BCUT2D eigenvalue weighted by Crippen LogP contribution is -2.10. The quantitative estimate of drug-likeness (QED) is 0.883. The van der Waals surface area contributed by atoms with E-state index in [4.69, 9.17) is 0 Å². The Hall–Kier alpha value is -1.77. The molecule has 2 aromatic rings. The molecule has 0 saturated carbocycles. The number of nitrogens with one attached hydrogen (secondary N) is 1. The van der Waals surface area contributed by atoms with Gasteiger partial charge < -0.3 is 5.32 Å². The van der Waals surface area contributed by atoms with Gasteiger partial charge in [-0.3, -0.25) is 4.68 Å². The van der Waals surface area contributed by atoms with E-state index in [0.29, 0.717) is 6.04 Å². The maximum absolute atomic E-state index is 4.63. The summed E-state index contributed by atoms with van der Waals surface area (Å²) in [6, 6.07) is 9.18. The minimum absolute atomic E-state index is 0.276. The zero-order valence-corrected chi connectivity index (χ0v) is 13.4. The van der Waals surface area contributed by atoms with Crippen molar-refractivity contribution in [2.45, 2.75) is 53.6 Å². The third kappa shape index (κ3) is 2.72. The molecule has 1 heterocycles. The first-order chi connectivity index (χ1) is 9.41. The minimum atomic E-state index is 0.276. The highest BCUT2D eigenvalue weighted by molar-refractivity contribution is 5.54. The molecule has 0 aliphatic carbocycles. The van der Waals surface area contributed by atoms with Crippen LogP contribution in [0, 0.1) is 20.8 Å². The summed E-state index contributed by atoms with van der Waals surface area (Å²) in [5, 5.41) is 8.26. The molecule has 1 unspecified atom stereocenters. The molecule has 20 heavy (non-hydrogen) atoms. The molecule has 1 N–H and O–H groups in total. The number of aryl methyl sites for hydroxylation is 2. The number of aromatic nitrogens is 2. The summed E-state index contributed by atoms with van der Waals surface area (Å²) in [4.78, 5) is 0. The number of nitrogens with zero attached hydrogens (tertiary/aromatic N) is 2. The molecule has 0 saturated heterocycles. The second kappa shape index (κ2) is 5.70. The van der Waals surface area contributed by atoms with Gasteiger partial charge in [-0.05, 0) is 52.7 Å². The zero-order valence-electron chi connectivity index (χ0n) is 13.4. The molecule has 0 spiro atoms. The van der Waals surface area contributed by atoms with Gasteiger partial charge in [0.25, 0.3) is 0 Å². The van der Waals surface area contributed by atoms with Crippen molar-refractivity contribution in [3.63, 3.8) is 0 Å². The maximum atomic E-state index is 4.63. The second-order valence-electron chi connectivity index (χ2n) is 5.81. The Morgan fingerprint density at radius 3 is 2.25 bits per heavy atom. The largest absolute Gasteiger partial charge is 0.376 e. The van der Waals surface area contributed by atoms with Crippen molar-refractivity contribution >= 4 is 5.69 Å². The molecule has 0 aliphatic rings. The first-order valence-electron chi connectivity index (χ1n) is 7.29. The summed E-state index contributed by atoms with van der Waals surface area (Å²) in [7, 11) is 0. The molecule has 0 amide bonds. The fourth-order valence-corrected chi connectivity index (χ4v) is 2.74. The maximum Gasteiger partial charge on any atom is 0.0828 e. The Morgan fingerprint density at radius 1 is 1.05 bits per heavy atom. The lowest BCUT2D eigenvalue weighted by atomic mass is 10.0. The Morgan fingerprint density at radius 2 is 1.70 bits per heavy atom. The van der Waals surface area contributed by atoms with Gasteiger partial charge in [0.05, 0.1) is 17.1 Å². The van der Waals surface area contributed by atoms with Crippen LogP contribution in [0.5, 0.6) is 0 Å². The molecule has 3 heteroatoms. The molecular weight excluding hydrogens is 246 g/mol. The van der Waals surface area contributed by atoms with Crippen molar-refractivity contribution in [2.24, 2.45) is 0 Å². The normalized spacial score (nSPS) is 12.8. The number of hydrogen-bond donors (Lipinski definition) is 1. The number of benzene rings is 1. The summed E-state index contributed by atoms with van der Waals surface area (Å²) < 4.78 is 2.09. The highest BCUT2D eigenvalue weighted by Crippen LogP contribution is 2.27. The van der Waals surface area contributed by atoms with Gasteiger partial charge in [-0.2, -0.15) is 5.10 Å². The molecule has 1 aromatic carbocycles. The van der Waals surface area contributed by atoms with E-state index in [-0.39, 0.29) is 6.04 Å². The van der Waals surface area contributed by atoms with Gasteiger partial charge in [0.1, 0.15) is 0 Å². The van der Waals surface area contributed by atoms with Crippen LogP contribution >= 0.6 is 0 Å². The fourth-order valence-electron chi connectivity index (χ4n) is 2.74. The molecule has 108 valence electrons. The van der Waals surface area contributed by atoms with Crippen LogP contribution in [0.1, 0.15) is 55.4 Å². The first kappa shape index (κ1) is 14.6. The molecule has 3 nitrogen and oxygen atoms in total. The second-order valence-corrected chi connectivity index (χ2v) is 5.81. The highest BCUT2D eigenvalue weighted by atomic mass is 15.3. The van der Waals surface area contributed by atoms with Crippen molar-refractivity contribution in [3.05, 3.63) is 46.8 Å². The fraction of sp³-hybridized carbons (Fsp3) is 0.471. The standard InChI is InChI=1S/C17H25N3/c1-11(2)20-15(6)17(14(5)19-20)18-13(4)16-10-8-7-9-12(16)3/h7-11,13,18H,1-6H3. The van der Waals surface area contributed by atoms with Crippen molar-refractivity contribution in [3.8, 4) is 0 Å². The molecular formula is C17H25N3. The SMILES string of the molecule is Cc1ccccc1C(C)Nc1c(C)nn(C(C)C)c1C. The highest BCUT2D eigenvalue weighted by Gasteiger charge is 2.16. The van der Waals surface area contributed by atoms with Gasteiger partial charge in [0, 0.05) is 12.1 Å². The molecule has 1 atom stereocenters. The van der Waals surface area contributed by atoms with E-state index >= 15 is 0 Å². The Bertz CT molecular complexity index is 596. The van der Waals surface area contributed by atoms with E-state index < -0.39 is 0 Å². The van der Waals surface area contributed by atoms with Gasteiger partial charge in [0.15, 0.2) is 0 Å². The lowest BCUT2D eigenvalue weighted by Gasteiger charge is -2.18. The zero-order chi connectivity index (χ0) is 14.9. The predicted molar refractivity (Wildman–Crippen MR) is 85.3 cm³/mol. The first-order valence-corrected chi connectivity index (χ1v) is 7.29. The Balaban J connectivity index is 2.29. The van der Waals surface area contributed by atoms with Gasteiger partial charge in [-0.25, -0.2) is 0 Å². The van der Waals surface area contributed by atoms with Crippen molar-refractivity contribution in [1.82, 2.24) is 9.78 Å². The average Bonchev–Trinajstić information content (AvgIpc) is 2.67. The minimum Gasteiger partial charge on any atom is -0.376 e. The van der Waals surface area contributed by atoms with E-state index in [9.17, 15) is 0 Å². The van der Waals surface area contributed by atoms with Crippen molar-refractivity contribution in [2.75, 3.05) is 5.32 Å². The van der Waals surface area contributed by atoms with Crippen LogP contribution in [0.4, 0.5) is 5.69 Å². The monoisotopic (exact) mass is 271 g/mol. The molecule has 1 aromatic heterocycles. The van der Waals surface area contributed by atoms with Gasteiger partial charge >= 0.3 is 0 Å². The van der Waals surface area contributed by atoms with E-state index in [0.717, 1.165) is 11.4 Å². The van der Waals surface area contributed by atoms with E-state index in [2.05, 4.69) is 80.9 Å². The van der Waals surface area contributed by atoms with Crippen LogP contribution in [-0.4, -0.2) is 9.78 Å². The molecule has 0 bridgehead atoms. The number of anilines is 1. The lowest BCUT2D eigenvalue weighted by molar-refractivity contribution is 0.516. The third-order valence-electron chi connectivity index (χ3n) is 3.83. The predicted octanol–water partition coefficient (Wildman–Crippen LogP) is 4.56. The number of hydrogen-bond acceptors (Lipinski definition) is 2. The van der Waals surface area contributed by atoms with Crippen LogP contribution in [0.25, 0.3) is 0 Å². The van der Waals surface area contributed by atoms with Crippen LogP contribution in [0.15, 0.2) is 24.3 Å². The van der Waals surface area contributed by atoms with Crippen molar-refractivity contribution in [1.29, 1.82) is 0 Å². The van der Waals surface area contributed by atoms with Crippen molar-refractivity contribution < 1.29 is 0 Å². The van der Waals surface area contributed by atoms with Crippen LogP contribution in [0.3, 0.4) is 0 Å². The molecule has 0 fully saturated rings. The summed E-state index contributed by atoms with van der Waals surface area (Å²) in [6.07, 6.45) is 0. The Labute approximate surface area is 122 Å². The topological polar surface area (TPSA) is 29.9 Å². The summed E-state index contributed by atoms with van der Waals surface area (Å²) in [5.41, 5.74) is 6.09. The third-order valence-corrected chi connectivity index (χ3v) is 3.83. The Kier molecular flexibility index (Phi) is 4.17. The van der Waals surface area contributed by atoms with Gasteiger partial charge in [-0.1, -0.05) is 24.3 Å². The van der Waals surface area contributed by atoms with E-state index in [1.807, 2.05) is 0 Å². The average molecular weight is 271 g/mol. The van der Waals surface area contributed by atoms with E-state index in [1.54, 1.807) is 0 Å².